The summed E-state index contributed by atoms with van der Waals surface area (Å²) in [6, 6.07) is 9.41. The number of benzene rings is 1. The lowest BCUT2D eigenvalue weighted by molar-refractivity contribution is -0.126. The molecule has 1 atom stereocenters. The van der Waals surface area contributed by atoms with Gasteiger partial charge in [0.15, 0.2) is 0 Å². The van der Waals surface area contributed by atoms with Crippen LogP contribution in [0.25, 0.3) is 0 Å². The number of anilines is 1. The van der Waals surface area contributed by atoms with Crippen LogP contribution >= 0.6 is 0 Å². The second-order valence-electron chi connectivity index (χ2n) is 7.59. The maximum absolute atomic E-state index is 12.3. The predicted molar refractivity (Wildman–Crippen MR) is 104 cm³/mol. The highest BCUT2D eigenvalue weighted by atomic mass is 16.2. The van der Waals surface area contributed by atoms with Crippen LogP contribution in [-0.4, -0.2) is 37.4 Å². The first kappa shape index (κ1) is 19.4. The van der Waals surface area contributed by atoms with Crippen LogP contribution in [0.3, 0.4) is 0 Å². The summed E-state index contributed by atoms with van der Waals surface area (Å²) in [6.45, 7) is 1.23. The molecule has 3 amide bonds. The fourth-order valence-electron chi connectivity index (χ4n) is 4.00. The van der Waals surface area contributed by atoms with Gasteiger partial charge in [-0.15, -0.1) is 0 Å². The van der Waals surface area contributed by atoms with E-state index in [2.05, 4.69) is 10.6 Å². The quantitative estimate of drug-likeness (QED) is 0.722. The Hall–Kier alpha value is -2.37. The number of para-hydroxylation sites is 1. The lowest BCUT2D eigenvalue weighted by Crippen LogP contribution is -2.38. The van der Waals surface area contributed by atoms with Gasteiger partial charge in [0.2, 0.25) is 17.7 Å². The molecule has 0 spiro atoms. The standard InChI is InChI=1S/C21H29N3O3/c25-19(13-16-7-3-1-4-8-16)22-11-12-23-21(27)17-14-20(26)24(15-17)18-9-5-2-6-10-18/h2,5-6,9-10,16-17H,1,3-4,7-8,11-15H2,(H,22,25)(H,23,27)/t17-/m1/s1. The Morgan fingerprint density at radius 1 is 1.00 bits per heavy atom. The van der Waals surface area contributed by atoms with Gasteiger partial charge in [0.05, 0.1) is 5.92 Å². The Kier molecular flexibility index (Phi) is 6.85. The molecule has 0 unspecified atom stereocenters. The molecule has 1 aliphatic heterocycles. The molecule has 2 fully saturated rings. The van der Waals surface area contributed by atoms with Crippen molar-refractivity contribution in [2.45, 2.75) is 44.9 Å². The van der Waals surface area contributed by atoms with E-state index in [0.29, 0.717) is 32.0 Å². The van der Waals surface area contributed by atoms with Crippen molar-refractivity contribution in [3.8, 4) is 0 Å². The number of carbonyl (C=O) groups excluding carboxylic acids is 3. The zero-order valence-corrected chi connectivity index (χ0v) is 15.8. The molecule has 0 bridgehead atoms. The molecule has 146 valence electrons. The average Bonchev–Trinajstić information content (AvgIpc) is 3.08. The molecule has 2 N–H and O–H groups in total. The number of nitrogens with zero attached hydrogens (tertiary/aromatic N) is 1. The number of rotatable bonds is 7. The van der Waals surface area contributed by atoms with Crippen LogP contribution in [0.15, 0.2) is 30.3 Å². The van der Waals surface area contributed by atoms with E-state index in [9.17, 15) is 14.4 Å². The van der Waals surface area contributed by atoms with E-state index in [0.717, 1.165) is 18.5 Å². The topological polar surface area (TPSA) is 78.5 Å². The highest BCUT2D eigenvalue weighted by Crippen LogP contribution is 2.26. The summed E-state index contributed by atoms with van der Waals surface area (Å²) in [5, 5.41) is 5.73. The van der Waals surface area contributed by atoms with Gasteiger partial charge in [-0.3, -0.25) is 14.4 Å². The summed E-state index contributed by atoms with van der Waals surface area (Å²) in [6.07, 6.45) is 6.87. The minimum Gasteiger partial charge on any atom is -0.354 e. The van der Waals surface area contributed by atoms with Gasteiger partial charge in [-0.25, -0.2) is 0 Å². The van der Waals surface area contributed by atoms with E-state index in [1.54, 1.807) is 4.90 Å². The highest BCUT2D eigenvalue weighted by molar-refractivity contribution is 6.00. The minimum absolute atomic E-state index is 0.0258. The maximum Gasteiger partial charge on any atom is 0.227 e. The molecule has 27 heavy (non-hydrogen) atoms. The fraction of sp³-hybridized carbons (Fsp3) is 0.571. The van der Waals surface area contributed by atoms with Crippen molar-refractivity contribution in [1.29, 1.82) is 0 Å². The summed E-state index contributed by atoms with van der Waals surface area (Å²) in [7, 11) is 0. The second-order valence-corrected chi connectivity index (χ2v) is 7.59. The summed E-state index contributed by atoms with van der Waals surface area (Å²) in [4.78, 5) is 38.2. The number of hydrogen-bond acceptors (Lipinski definition) is 3. The second kappa shape index (κ2) is 9.53. The van der Waals surface area contributed by atoms with Gasteiger partial charge in [0, 0.05) is 38.2 Å². The van der Waals surface area contributed by atoms with Gasteiger partial charge in [-0.2, -0.15) is 0 Å². The molecule has 0 radical (unpaired) electrons. The molecule has 1 saturated heterocycles. The molecule has 2 aliphatic rings. The number of amides is 3. The van der Waals surface area contributed by atoms with Crippen molar-refractivity contribution in [3.63, 3.8) is 0 Å². The van der Waals surface area contributed by atoms with Gasteiger partial charge in [0.25, 0.3) is 0 Å². The third-order valence-electron chi connectivity index (χ3n) is 5.51. The van der Waals surface area contributed by atoms with Crippen LogP contribution in [0.1, 0.15) is 44.9 Å². The number of hydrogen-bond donors (Lipinski definition) is 2. The van der Waals surface area contributed by atoms with Crippen LogP contribution in [0, 0.1) is 11.8 Å². The zero-order valence-electron chi connectivity index (χ0n) is 15.8. The van der Waals surface area contributed by atoms with E-state index in [-0.39, 0.29) is 30.1 Å². The lowest BCUT2D eigenvalue weighted by atomic mass is 9.87. The minimum atomic E-state index is -0.337. The molecular weight excluding hydrogens is 342 g/mol. The van der Waals surface area contributed by atoms with Gasteiger partial charge in [-0.1, -0.05) is 37.5 Å². The zero-order chi connectivity index (χ0) is 19.1. The van der Waals surface area contributed by atoms with Gasteiger partial charge < -0.3 is 15.5 Å². The first-order valence-electron chi connectivity index (χ1n) is 10.0. The predicted octanol–water partition coefficient (Wildman–Crippen LogP) is 2.24. The van der Waals surface area contributed by atoms with Crippen molar-refractivity contribution in [2.24, 2.45) is 11.8 Å². The molecule has 1 aromatic carbocycles. The smallest absolute Gasteiger partial charge is 0.227 e. The van der Waals surface area contributed by atoms with Gasteiger partial charge in [0.1, 0.15) is 0 Å². The fourth-order valence-corrected chi connectivity index (χ4v) is 4.00. The van der Waals surface area contributed by atoms with E-state index < -0.39 is 0 Å². The number of nitrogens with one attached hydrogen (secondary N) is 2. The summed E-state index contributed by atoms with van der Waals surface area (Å²) < 4.78 is 0. The van der Waals surface area contributed by atoms with Crippen molar-refractivity contribution in [3.05, 3.63) is 30.3 Å². The van der Waals surface area contributed by atoms with E-state index in [1.807, 2.05) is 30.3 Å². The van der Waals surface area contributed by atoms with Gasteiger partial charge >= 0.3 is 0 Å². The molecule has 0 aromatic heterocycles. The van der Waals surface area contributed by atoms with Crippen molar-refractivity contribution >= 4 is 23.4 Å². The Labute approximate surface area is 160 Å². The molecule has 1 heterocycles. The number of carbonyl (C=O) groups is 3. The van der Waals surface area contributed by atoms with Crippen molar-refractivity contribution in [2.75, 3.05) is 24.5 Å². The van der Waals surface area contributed by atoms with E-state index in [1.165, 1.54) is 19.3 Å². The lowest BCUT2D eigenvalue weighted by Gasteiger charge is -2.20. The van der Waals surface area contributed by atoms with Crippen LogP contribution < -0.4 is 15.5 Å². The van der Waals surface area contributed by atoms with E-state index in [4.69, 9.17) is 0 Å². The molecule has 1 saturated carbocycles. The monoisotopic (exact) mass is 371 g/mol. The maximum atomic E-state index is 12.3. The Morgan fingerprint density at radius 2 is 1.70 bits per heavy atom. The van der Waals surface area contributed by atoms with Crippen LogP contribution in [0.2, 0.25) is 0 Å². The SMILES string of the molecule is O=C(CC1CCCCC1)NCCNC(=O)[C@@H]1CC(=O)N(c2ccccc2)C1. The molecular formula is C21H29N3O3. The molecule has 6 heteroatoms. The van der Waals surface area contributed by atoms with Crippen LogP contribution in [0.4, 0.5) is 5.69 Å². The van der Waals surface area contributed by atoms with Crippen molar-refractivity contribution < 1.29 is 14.4 Å². The normalized spacial score (nSPS) is 20.5. The third kappa shape index (κ3) is 5.55. The van der Waals surface area contributed by atoms with Crippen LogP contribution in [0.5, 0.6) is 0 Å². The molecule has 1 aromatic rings. The first-order valence-corrected chi connectivity index (χ1v) is 10.0. The van der Waals surface area contributed by atoms with Gasteiger partial charge in [-0.05, 0) is 30.9 Å². The third-order valence-corrected chi connectivity index (χ3v) is 5.51. The molecule has 3 rings (SSSR count). The average molecular weight is 371 g/mol. The van der Waals surface area contributed by atoms with E-state index >= 15 is 0 Å². The van der Waals surface area contributed by atoms with Crippen LogP contribution in [-0.2, 0) is 14.4 Å². The summed E-state index contributed by atoms with van der Waals surface area (Å²) in [5.41, 5.74) is 0.827. The largest absolute Gasteiger partial charge is 0.354 e. The summed E-state index contributed by atoms with van der Waals surface area (Å²) in [5.74, 6) is 0.102. The van der Waals surface area contributed by atoms with Crippen molar-refractivity contribution in [1.82, 2.24) is 10.6 Å². The Morgan fingerprint density at radius 3 is 2.44 bits per heavy atom. The Bertz CT molecular complexity index is 656. The molecule has 6 nitrogen and oxygen atoms in total. The first-order chi connectivity index (χ1) is 13.1. The summed E-state index contributed by atoms with van der Waals surface area (Å²) >= 11 is 0. The molecule has 1 aliphatic carbocycles. The highest BCUT2D eigenvalue weighted by Gasteiger charge is 2.34. The Balaban J connectivity index is 1.35.